The van der Waals surface area contributed by atoms with Crippen LogP contribution in [0.1, 0.15) is 65.2 Å². The average molecular weight is 241 g/mol. The van der Waals surface area contributed by atoms with Gasteiger partial charge in [-0.15, -0.1) is 0 Å². The van der Waals surface area contributed by atoms with E-state index in [1.54, 1.807) is 0 Å². The number of nitrogens with one attached hydrogen (secondary N) is 1. The maximum atomic E-state index is 11.1. The normalized spacial score (nSPS) is 18.2. The minimum atomic E-state index is -0.0526. The van der Waals surface area contributed by atoms with Crippen LogP contribution in [0, 0.1) is 0 Å². The molecule has 3 nitrogen and oxygen atoms in total. The number of ether oxygens (including phenoxy) is 1. The number of carbonyl (C=O) groups is 1. The Hall–Kier alpha value is -0.570. The summed E-state index contributed by atoms with van der Waals surface area (Å²) in [6.07, 6.45) is 9.17. The van der Waals surface area contributed by atoms with Gasteiger partial charge in [-0.25, -0.2) is 0 Å². The molecule has 3 heteroatoms. The third-order valence-corrected chi connectivity index (χ3v) is 3.62. The summed E-state index contributed by atoms with van der Waals surface area (Å²) in [5.74, 6) is -0.0526. The van der Waals surface area contributed by atoms with Crippen LogP contribution >= 0.6 is 0 Å². The van der Waals surface area contributed by atoms with E-state index in [9.17, 15) is 4.79 Å². The standard InChI is InChI=1S/C14H27NO2/c1-3-17-13(16)9-5-4-8-12-15-14(2)10-6-7-11-14/h15H,3-12H2,1-2H3. The van der Waals surface area contributed by atoms with Gasteiger partial charge in [0.15, 0.2) is 0 Å². The average Bonchev–Trinajstić information content (AvgIpc) is 2.71. The first-order chi connectivity index (χ1) is 8.16. The molecule has 0 amide bonds. The summed E-state index contributed by atoms with van der Waals surface area (Å²) in [6.45, 7) is 5.76. The van der Waals surface area contributed by atoms with Crippen molar-refractivity contribution in [1.82, 2.24) is 5.32 Å². The molecule has 0 saturated heterocycles. The van der Waals surface area contributed by atoms with E-state index in [0.29, 0.717) is 18.6 Å². The van der Waals surface area contributed by atoms with Gasteiger partial charge in [-0.05, 0) is 46.1 Å². The molecule has 0 spiro atoms. The van der Waals surface area contributed by atoms with E-state index in [4.69, 9.17) is 4.74 Å². The second-order valence-electron chi connectivity index (χ2n) is 5.31. The number of esters is 1. The second kappa shape index (κ2) is 7.70. The van der Waals surface area contributed by atoms with Crippen molar-refractivity contribution in [2.45, 2.75) is 70.8 Å². The Morgan fingerprint density at radius 1 is 1.24 bits per heavy atom. The van der Waals surface area contributed by atoms with Gasteiger partial charge in [-0.1, -0.05) is 19.3 Å². The highest BCUT2D eigenvalue weighted by Crippen LogP contribution is 2.28. The van der Waals surface area contributed by atoms with E-state index >= 15 is 0 Å². The monoisotopic (exact) mass is 241 g/mol. The summed E-state index contributed by atoms with van der Waals surface area (Å²) in [7, 11) is 0. The van der Waals surface area contributed by atoms with Gasteiger partial charge in [0.2, 0.25) is 0 Å². The summed E-state index contributed by atoms with van der Waals surface area (Å²) in [5.41, 5.74) is 0.390. The van der Waals surface area contributed by atoms with Crippen molar-refractivity contribution >= 4 is 5.97 Å². The zero-order valence-electron chi connectivity index (χ0n) is 11.4. The number of rotatable bonds is 8. The molecule has 100 valence electrons. The predicted molar refractivity (Wildman–Crippen MR) is 70.0 cm³/mol. The highest BCUT2D eigenvalue weighted by atomic mass is 16.5. The van der Waals surface area contributed by atoms with Gasteiger partial charge in [0.05, 0.1) is 6.61 Å². The van der Waals surface area contributed by atoms with E-state index in [1.807, 2.05) is 6.92 Å². The predicted octanol–water partition coefficient (Wildman–Crippen LogP) is 3.03. The molecule has 1 fully saturated rings. The lowest BCUT2D eigenvalue weighted by atomic mass is 10.0. The van der Waals surface area contributed by atoms with Gasteiger partial charge in [0, 0.05) is 12.0 Å². The molecule has 0 unspecified atom stereocenters. The Morgan fingerprint density at radius 3 is 2.59 bits per heavy atom. The van der Waals surface area contributed by atoms with Crippen molar-refractivity contribution in [1.29, 1.82) is 0 Å². The SMILES string of the molecule is CCOC(=O)CCCCCNC1(C)CCCC1. The van der Waals surface area contributed by atoms with Crippen LogP contribution in [-0.2, 0) is 9.53 Å². The molecule has 1 rings (SSSR count). The molecular formula is C14H27NO2. The van der Waals surface area contributed by atoms with E-state index in [1.165, 1.54) is 25.7 Å². The molecule has 1 aliphatic rings. The minimum Gasteiger partial charge on any atom is -0.466 e. The third-order valence-electron chi connectivity index (χ3n) is 3.62. The lowest BCUT2D eigenvalue weighted by Gasteiger charge is -2.25. The van der Waals surface area contributed by atoms with Crippen molar-refractivity contribution in [3.63, 3.8) is 0 Å². The summed E-state index contributed by atoms with van der Waals surface area (Å²) in [6, 6.07) is 0. The number of hydrogen-bond donors (Lipinski definition) is 1. The molecule has 0 atom stereocenters. The molecule has 1 aliphatic carbocycles. The van der Waals surface area contributed by atoms with Crippen LogP contribution in [0.15, 0.2) is 0 Å². The fourth-order valence-electron chi connectivity index (χ4n) is 2.53. The van der Waals surface area contributed by atoms with Crippen LogP contribution in [-0.4, -0.2) is 24.7 Å². The molecule has 0 bridgehead atoms. The lowest BCUT2D eigenvalue weighted by molar-refractivity contribution is -0.143. The highest BCUT2D eigenvalue weighted by molar-refractivity contribution is 5.69. The van der Waals surface area contributed by atoms with Gasteiger partial charge >= 0.3 is 5.97 Å². The van der Waals surface area contributed by atoms with Crippen LogP contribution in [0.5, 0.6) is 0 Å². The first-order valence-corrected chi connectivity index (χ1v) is 7.07. The Labute approximate surface area is 105 Å². The van der Waals surface area contributed by atoms with Gasteiger partial charge in [0.25, 0.3) is 0 Å². The first kappa shape index (κ1) is 14.5. The van der Waals surface area contributed by atoms with Gasteiger partial charge in [0.1, 0.15) is 0 Å². The van der Waals surface area contributed by atoms with Crippen molar-refractivity contribution in [3.05, 3.63) is 0 Å². The third kappa shape index (κ3) is 6.06. The van der Waals surface area contributed by atoms with Crippen molar-refractivity contribution in [2.24, 2.45) is 0 Å². The molecule has 0 heterocycles. The molecule has 0 aliphatic heterocycles. The quantitative estimate of drug-likeness (QED) is 0.524. The summed E-state index contributed by atoms with van der Waals surface area (Å²) in [4.78, 5) is 11.1. The largest absolute Gasteiger partial charge is 0.466 e. The van der Waals surface area contributed by atoms with Crippen LogP contribution in [0.4, 0.5) is 0 Å². The van der Waals surface area contributed by atoms with Crippen LogP contribution in [0.25, 0.3) is 0 Å². The summed E-state index contributed by atoms with van der Waals surface area (Å²) in [5, 5.41) is 3.66. The maximum absolute atomic E-state index is 11.1. The number of unbranched alkanes of at least 4 members (excludes halogenated alkanes) is 2. The van der Waals surface area contributed by atoms with E-state index in [0.717, 1.165) is 25.8 Å². The fraction of sp³-hybridized carbons (Fsp3) is 0.929. The zero-order chi connectivity index (χ0) is 12.6. The van der Waals surface area contributed by atoms with Crippen molar-refractivity contribution < 1.29 is 9.53 Å². The molecule has 0 aromatic heterocycles. The molecule has 17 heavy (non-hydrogen) atoms. The molecule has 0 aromatic carbocycles. The Bertz CT molecular complexity index is 222. The van der Waals surface area contributed by atoms with E-state index < -0.39 is 0 Å². The van der Waals surface area contributed by atoms with Gasteiger partial charge < -0.3 is 10.1 Å². The van der Waals surface area contributed by atoms with Crippen LogP contribution in [0.3, 0.4) is 0 Å². The minimum absolute atomic E-state index is 0.0526. The Balaban J connectivity index is 1.92. The summed E-state index contributed by atoms with van der Waals surface area (Å²) < 4.78 is 4.89. The van der Waals surface area contributed by atoms with E-state index in [-0.39, 0.29) is 5.97 Å². The molecule has 1 saturated carbocycles. The topological polar surface area (TPSA) is 38.3 Å². The number of carbonyl (C=O) groups excluding carboxylic acids is 1. The molecule has 1 N–H and O–H groups in total. The molecular weight excluding hydrogens is 214 g/mol. The molecule has 0 aromatic rings. The Morgan fingerprint density at radius 2 is 1.94 bits per heavy atom. The maximum Gasteiger partial charge on any atom is 0.305 e. The second-order valence-corrected chi connectivity index (χ2v) is 5.31. The van der Waals surface area contributed by atoms with Gasteiger partial charge in [-0.2, -0.15) is 0 Å². The smallest absolute Gasteiger partial charge is 0.305 e. The zero-order valence-corrected chi connectivity index (χ0v) is 11.4. The van der Waals surface area contributed by atoms with Crippen LogP contribution < -0.4 is 5.32 Å². The highest BCUT2D eigenvalue weighted by Gasteiger charge is 2.27. The first-order valence-electron chi connectivity index (χ1n) is 7.07. The lowest BCUT2D eigenvalue weighted by Crippen LogP contribution is -2.39. The fourth-order valence-corrected chi connectivity index (χ4v) is 2.53. The van der Waals surface area contributed by atoms with Crippen LogP contribution in [0.2, 0.25) is 0 Å². The summed E-state index contributed by atoms with van der Waals surface area (Å²) >= 11 is 0. The van der Waals surface area contributed by atoms with Crippen molar-refractivity contribution in [2.75, 3.05) is 13.2 Å². The number of hydrogen-bond acceptors (Lipinski definition) is 3. The molecule has 0 radical (unpaired) electrons. The Kier molecular flexibility index (Phi) is 6.56. The van der Waals surface area contributed by atoms with Gasteiger partial charge in [-0.3, -0.25) is 4.79 Å². The van der Waals surface area contributed by atoms with E-state index in [2.05, 4.69) is 12.2 Å². The van der Waals surface area contributed by atoms with Crippen molar-refractivity contribution in [3.8, 4) is 0 Å².